The second kappa shape index (κ2) is 8.81. The number of amides is 1. The lowest BCUT2D eigenvalue weighted by Crippen LogP contribution is -2.14. The van der Waals surface area contributed by atoms with Gasteiger partial charge in [-0.2, -0.15) is 13.9 Å². The zero-order chi connectivity index (χ0) is 22.0. The van der Waals surface area contributed by atoms with Crippen LogP contribution in [0.3, 0.4) is 0 Å². The van der Waals surface area contributed by atoms with Gasteiger partial charge in [0.15, 0.2) is 5.13 Å². The Morgan fingerprint density at radius 3 is 2.45 bits per heavy atom. The summed E-state index contributed by atoms with van der Waals surface area (Å²) >= 11 is 1.35. The first-order valence-electron chi connectivity index (χ1n) is 9.65. The lowest BCUT2D eigenvalue weighted by Gasteiger charge is -2.13. The maximum Gasteiger partial charge on any atom is 0.387 e. The van der Waals surface area contributed by atoms with Crippen LogP contribution >= 0.6 is 11.3 Å². The van der Waals surface area contributed by atoms with Crippen LogP contribution in [0.4, 0.5) is 19.6 Å². The van der Waals surface area contributed by atoms with Crippen molar-refractivity contribution in [3.8, 4) is 17.0 Å². The van der Waals surface area contributed by atoms with Gasteiger partial charge in [0.2, 0.25) is 0 Å². The van der Waals surface area contributed by atoms with Crippen molar-refractivity contribution in [2.45, 2.75) is 26.9 Å². The number of hydrogen-bond acceptors (Lipinski definition) is 6. The molecule has 1 amide bonds. The molecule has 2 aromatic carbocycles. The SMILES string of the molecule is CC1=NN(c2ccc(C(=O)Nc3nc(-c4ccc(OC(F)F)cc4)c(C)s3)cc2)CC1. The topological polar surface area (TPSA) is 66.8 Å². The molecule has 4 rings (SSSR count). The summed E-state index contributed by atoms with van der Waals surface area (Å²) in [4.78, 5) is 18.0. The summed E-state index contributed by atoms with van der Waals surface area (Å²) in [5.41, 5.74) is 3.99. The average Bonchev–Trinajstić information content (AvgIpc) is 3.33. The number of carbonyl (C=O) groups excluding carboxylic acids is 1. The van der Waals surface area contributed by atoms with Crippen molar-refractivity contribution in [2.24, 2.45) is 5.10 Å². The summed E-state index contributed by atoms with van der Waals surface area (Å²) in [5, 5.41) is 9.67. The number of alkyl halides is 2. The Bertz CT molecular complexity index is 1110. The fourth-order valence-electron chi connectivity index (χ4n) is 3.23. The molecule has 31 heavy (non-hydrogen) atoms. The molecule has 0 saturated heterocycles. The van der Waals surface area contributed by atoms with Gasteiger partial charge >= 0.3 is 6.61 Å². The molecule has 0 fully saturated rings. The minimum Gasteiger partial charge on any atom is -0.435 e. The third kappa shape index (κ3) is 4.88. The molecule has 160 valence electrons. The van der Waals surface area contributed by atoms with E-state index in [0.717, 1.165) is 34.8 Å². The number of nitrogens with zero attached hydrogens (tertiary/aromatic N) is 3. The number of halogens is 2. The van der Waals surface area contributed by atoms with E-state index in [2.05, 4.69) is 20.1 Å². The molecule has 6 nitrogen and oxygen atoms in total. The normalized spacial score (nSPS) is 13.5. The van der Waals surface area contributed by atoms with Crippen molar-refractivity contribution in [1.82, 2.24) is 4.98 Å². The molecule has 0 spiro atoms. The smallest absolute Gasteiger partial charge is 0.387 e. The number of aryl methyl sites for hydroxylation is 1. The molecule has 9 heteroatoms. The second-order valence-electron chi connectivity index (χ2n) is 7.04. The number of benzene rings is 2. The number of hydrazone groups is 1. The lowest BCUT2D eigenvalue weighted by atomic mass is 10.1. The lowest BCUT2D eigenvalue weighted by molar-refractivity contribution is -0.0498. The summed E-state index contributed by atoms with van der Waals surface area (Å²) in [6.07, 6.45) is 0.940. The van der Waals surface area contributed by atoms with Crippen molar-refractivity contribution < 1.29 is 18.3 Å². The fourth-order valence-corrected chi connectivity index (χ4v) is 4.06. The predicted octanol–water partition coefficient (Wildman–Crippen LogP) is 5.56. The highest BCUT2D eigenvalue weighted by molar-refractivity contribution is 7.16. The molecule has 2 heterocycles. The number of carbonyl (C=O) groups is 1. The summed E-state index contributed by atoms with van der Waals surface area (Å²) < 4.78 is 29.0. The molecule has 0 unspecified atom stereocenters. The third-order valence-electron chi connectivity index (χ3n) is 4.77. The number of anilines is 2. The zero-order valence-corrected chi connectivity index (χ0v) is 17.7. The molecule has 0 bridgehead atoms. The first-order valence-corrected chi connectivity index (χ1v) is 10.5. The minimum atomic E-state index is -2.87. The van der Waals surface area contributed by atoms with Gasteiger partial charge in [-0.25, -0.2) is 4.98 Å². The zero-order valence-electron chi connectivity index (χ0n) is 16.9. The van der Waals surface area contributed by atoms with Crippen molar-refractivity contribution in [1.29, 1.82) is 0 Å². The monoisotopic (exact) mass is 442 g/mol. The second-order valence-corrected chi connectivity index (χ2v) is 8.24. The van der Waals surface area contributed by atoms with E-state index >= 15 is 0 Å². The van der Waals surface area contributed by atoms with Crippen molar-refractivity contribution in [3.05, 3.63) is 59.0 Å². The van der Waals surface area contributed by atoms with Gasteiger partial charge in [0.1, 0.15) is 5.75 Å². The number of thiazole rings is 1. The molecule has 0 aliphatic carbocycles. The number of nitrogens with one attached hydrogen (secondary N) is 1. The molecule has 1 aliphatic heterocycles. The summed E-state index contributed by atoms with van der Waals surface area (Å²) in [6, 6.07) is 13.5. The maximum atomic E-state index is 12.6. The Hall–Kier alpha value is -3.33. The van der Waals surface area contributed by atoms with E-state index in [-0.39, 0.29) is 11.7 Å². The van der Waals surface area contributed by atoms with E-state index in [9.17, 15) is 13.6 Å². The molecule has 1 aliphatic rings. The van der Waals surface area contributed by atoms with Gasteiger partial charge in [-0.15, -0.1) is 11.3 Å². The van der Waals surface area contributed by atoms with E-state index in [4.69, 9.17) is 0 Å². The van der Waals surface area contributed by atoms with Crippen molar-refractivity contribution in [2.75, 3.05) is 16.9 Å². The van der Waals surface area contributed by atoms with E-state index in [1.165, 1.54) is 23.5 Å². The van der Waals surface area contributed by atoms with Crippen molar-refractivity contribution in [3.63, 3.8) is 0 Å². The predicted molar refractivity (Wildman–Crippen MR) is 118 cm³/mol. The number of aromatic nitrogens is 1. The van der Waals surface area contributed by atoms with Gasteiger partial charge < -0.3 is 4.74 Å². The Balaban J connectivity index is 1.44. The van der Waals surface area contributed by atoms with Gasteiger partial charge in [-0.1, -0.05) is 0 Å². The van der Waals surface area contributed by atoms with Gasteiger partial charge in [0.05, 0.1) is 11.4 Å². The van der Waals surface area contributed by atoms with Gasteiger partial charge in [0, 0.05) is 34.7 Å². The van der Waals surface area contributed by atoms with E-state index in [1.54, 1.807) is 24.3 Å². The molecule has 3 aromatic rings. The highest BCUT2D eigenvalue weighted by Crippen LogP contribution is 2.32. The molecular weight excluding hydrogens is 422 g/mol. The number of hydrogen-bond donors (Lipinski definition) is 1. The molecule has 0 saturated carbocycles. The van der Waals surface area contributed by atoms with E-state index in [1.807, 2.05) is 31.0 Å². The Labute approximate surface area is 182 Å². The molecule has 1 N–H and O–H groups in total. The van der Waals surface area contributed by atoms with Gasteiger partial charge in [-0.05, 0) is 62.4 Å². The van der Waals surface area contributed by atoms with Crippen LogP contribution in [0, 0.1) is 6.92 Å². The standard InChI is InChI=1S/C22H20F2N4O2S/c1-13-11-12-28(27-13)17-7-3-16(4-8-17)20(29)26-22-25-19(14(2)31-22)15-5-9-18(10-6-15)30-21(23)24/h3-10,21H,11-12H2,1-2H3,(H,25,26,29). The summed E-state index contributed by atoms with van der Waals surface area (Å²) in [5.74, 6) is -0.174. The van der Waals surface area contributed by atoms with Crippen LogP contribution in [-0.2, 0) is 0 Å². The maximum absolute atomic E-state index is 12.6. The highest BCUT2D eigenvalue weighted by atomic mass is 32.1. The molecule has 0 atom stereocenters. The molecule has 0 radical (unpaired) electrons. The first-order chi connectivity index (χ1) is 14.9. The summed E-state index contributed by atoms with van der Waals surface area (Å²) in [6.45, 7) is 1.86. The van der Waals surface area contributed by atoms with Crippen LogP contribution in [0.2, 0.25) is 0 Å². The van der Waals surface area contributed by atoms with Gasteiger partial charge in [-0.3, -0.25) is 15.1 Å². The molecular formula is C22H20F2N4O2S. The highest BCUT2D eigenvalue weighted by Gasteiger charge is 2.16. The summed E-state index contributed by atoms with van der Waals surface area (Å²) in [7, 11) is 0. The van der Waals surface area contributed by atoms with Crippen LogP contribution in [-0.4, -0.2) is 29.8 Å². The first kappa shape index (κ1) is 20.9. The third-order valence-corrected chi connectivity index (χ3v) is 5.66. The van der Waals surface area contributed by atoms with Crippen LogP contribution in [0.25, 0.3) is 11.3 Å². The fraction of sp³-hybridized carbons (Fsp3) is 0.227. The minimum absolute atomic E-state index is 0.0818. The van der Waals surface area contributed by atoms with Crippen LogP contribution in [0.15, 0.2) is 53.6 Å². The molecule has 1 aromatic heterocycles. The number of ether oxygens (including phenoxy) is 1. The van der Waals surface area contributed by atoms with Crippen LogP contribution < -0.4 is 15.1 Å². The average molecular weight is 442 g/mol. The van der Waals surface area contributed by atoms with E-state index < -0.39 is 6.61 Å². The largest absolute Gasteiger partial charge is 0.435 e. The van der Waals surface area contributed by atoms with Crippen LogP contribution in [0.5, 0.6) is 5.75 Å². The van der Waals surface area contributed by atoms with E-state index in [0.29, 0.717) is 16.4 Å². The van der Waals surface area contributed by atoms with Crippen molar-refractivity contribution >= 4 is 33.8 Å². The van der Waals surface area contributed by atoms with Gasteiger partial charge in [0.25, 0.3) is 5.91 Å². The quantitative estimate of drug-likeness (QED) is 0.543. The Morgan fingerprint density at radius 1 is 1.13 bits per heavy atom. The number of rotatable bonds is 6. The Kier molecular flexibility index (Phi) is 5.94. The van der Waals surface area contributed by atoms with Crippen LogP contribution in [0.1, 0.15) is 28.6 Å². The Morgan fingerprint density at radius 2 is 1.84 bits per heavy atom.